The van der Waals surface area contributed by atoms with Gasteiger partial charge in [0, 0.05) is 30.3 Å². The molecule has 1 aromatic heterocycles. The molecule has 0 saturated carbocycles. The lowest BCUT2D eigenvalue weighted by atomic mass is 10.4. The molecular weight excluding hydrogens is 324 g/mol. The first-order chi connectivity index (χ1) is 7.15. The molecule has 0 saturated heterocycles. The van der Waals surface area contributed by atoms with Crippen molar-refractivity contribution >= 4 is 31.9 Å². The summed E-state index contributed by atoms with van der Waals surface area (Å²) in [6.45, 7) is 5.75. The predicted molar refractivity (Wildman–Crippen MR) is 69.2 cm³/mol. The van der Waals surface area contributed by atoms with Gasteiger partial charge in [-0.3, -0.25) is 4.79 Å². The zero-order valence-corrected chi connectivity index (χ0v) is 11.3. The van der Waals surface area contributed by atoms with Crippen molar-refractivity contribution in [1.82, 2.24) is 9.88 Å². The third-order valence-electron chi connectivity index (χ3n) is 1.83. The first-order valence-electron chi connectivity index (χ1n) is 4.52. The Kier molecular flexibility index (Phi) is 5.28. The Balaban J connectivity index is 2.68. The van der Waals surface area contributed by atoms with E-state index >= 15 is 0 Å². The van der Waals surface area contributed by atoms with Crippen LogP contribution < -0.4 is 10.9 Å². The van der Waals surface area contributed by atoms with Gasteiger partial charge in [-0.25, -0.2) is 0 Å². The van der Waals surface area contributed by atoms with Gasteiger partial charge >= 0.3 is 0 Å². The van der Waals surface area contributed by atoms with Crippen molar-refractivity contribution in [2.75, 3.05) is 13.1 Å². The highest BCUT2D eigenvalue weighted by atomic mass is 79.9. The Hall–Kier alpha value is -0.390. The SMILES string of the molecule is C=CCNCCn1cc(Br)cc(Br)c1=O. The number of pyridine rings is 1. The minimum atomic E-state index is -0.0152. The van der Waals surface area contributed by atoms with E-state index in [-0.39, 0.29) is 5.56 Å². The van der Waals surface area contributed by atoms with E-state index in [0.29, 0.717) is 11.0 Å². The molecule has 0 bridgehead atoms. The summed E-state index contributed by atoms with van der Waals surface area (Å²) < 4.78 is 3.11. The first-order valence-corrected chi connectivity index (χ1v) is 6.11. The first kappa shape index (κ1) is 12.7. The van der Waals surface area contributed by atoms with Crippen LogP contribution in [0, 0.1) is 0 Å². The quantitative estimate of drug-likeness (QED) is 0.661. The molecule has 0 fully saturated rings. The second-order valence-corrected chi connectivity index (χ2v) is 4.77. The van der Waals surface area contributed by atoms with Gasteiger partial charge in [0.25, 0.3) is 5.56 Å². The van der Waals surface area contributed by atoms with Crippen molar-refractivity contribution in [2.24, 2.45) is 0 Å². The van der Waals surface area contributed by atoms with Crippen LogP contribution in [0.5, 0.6) is 0 Å². The second-order valence-electron chi connectivity index (χ2n) is 3.00. The van der Waals surface area contributed by atoms with Crippen molar-refractivity contribution in [2.45, 2.75) is 6.54 Å². The summed E-state index contributed by atoms with van der Waals surface area (Å²) in [7, 11) is 0. The smallest absolute Gasteiger partial charge is 0.264 e. The molecule has 82 valence electrons. The molecule has 3 nitrogen and oxygen atoms in total. The maximum atomic E-state index is 11.6. The van der Waals surface area contributed by atoms with E-state index in [1.54, 1.807) is 22.9 Å². The molecule has 0 aliphatic carbocycles. The normalized spacial score (nSPS) is 10.3. The molecule has 0 radical (unpaired) electrons. The minimum absolute atomic E-state index is 0.0152. The number of aromatic nitrogens is 1. The standard InChI is InChI=1S/C10H12Br2N2O/c1-2-3-13-4-5-14-7-8(11)6-9(12)10(14)15/h2,6-7,13H,1,3-5H2. The van der Waals surface area contributed by atoms with E-state index in [2.05, 4.69) is 43.8 Å². The number of nitrogens with one attached hydrogen (secondary N) is 1. The van der Waals surface area contributed by atoms with Gasteiger partial charge in [-0.05, 0) is 37.9 Å². The van der Waals surface area contributed by atoms with Crippen LogP contribution in [0.1, 0.15) is 0 Å². The van der Waals surface area contributed by atoms with Gasteiger partial charge in [0.15, 0.2) is 0 Å². The molecular formula is C10H12Br2N2O. The highest BCUT2D eigenvalue weighted by molar-refractivity contribution is 9.11. The van der Waals surface area contributed by atoms with Crippen LogP contribution in [0.25, 0.3) is 0 Å². The van der Waals surface area contributed by atoms with Gasteiger partial charge in [-0.2, -0.15) is 0 Å². The van der Waals surface area contributed by atoms with E-state index in [1.807, 2.05) is 0 Å². The zero-order valence-electron chi connectivity index (χ0n) is 8.17. The van der Waals surface area contributed by atoms with Gasteiger partial charge in [0.05, 0.1) is 4.47 Å². The van der Waals surface area contributed by atoms with Gasteiger partial charge in [0.1, 0.15) is 0 Å². The summed E-state index contributed by atoms with van der Waals surface area (Å²) in [5.74, 6) is 0. The van der Waals surface area contributed by atoms with Crippen molar-refractivity contribution in [3.63, 3.8) is 0 Å². The third kappa shape index (κ3) is 3.93. The van der Waals surface area contributed by atoms with Crippen LogP contribution in [0.3, 0.4) is 0 Å². The molecule has 5 heteroatoms. The Morgan fingerprint density at radius 2 is 2.27 bits per heavy atom. The largest absolute Gasteiger partial charge is 0.312 e. The molecule has 1 heterocycles. The third-order valence-corrected chi connectivity index (χ3v) is 2.83. The summed E-state index contributed by atoms with van der Waals surface area (Å²) >= 11 is 6.56. The Labute approximate surface area is 105 Å². The van der Waals surface area contributed by atoms with Crippen LogP contribution in [0.15, 0.2) is 38.7 Å². The number of halogens is 2. The second kappa shape index (κ2) is 6.25. The number of hydrogen-bond donors (Lipinski definition) is 1. The lowest BCUT2D eigenvalue weighted by Gasteiger charge is -2.07. The highest BCUT2D eigenvalue weighted by Gasteiger charge is 2.02. The molecule has 1 N–H and O–H groups in total. The van der Waals surface area contributed by atoms with Crippen molar-refractivity contribution < 1.29 is 0 Å². The zero-order chi connectivity index (χ0) is 11.3. The summed E-state index contributed by atoms with van der Waals surface area (Å²) in [6.07, 6.45) is 3.57. The average molecular weight is 336 g/mol. The van der Waals surface area contributed by atoms with E-state index in [9.17, 15) is 4.79 Å². The molecule has 0 amide bonds. The molecule has 0 spiro atoms. The maximum absolute atomic E-state index is 11.6. The molecule has 1 aromatic rings. The fraction of sp³-hybridized carbons (Fsp3) is 0.300. The molecule has 1 rings (SSSR count). The molecule has 0 aliphatic rings. The van der Waals surface area contributed by atoms with Gasteiger partial charge in [-0.15, -0.1) is 6.58 Å². The van der Waals surface area contributed by atoms with E-state index < -0.39 is 0 Å². The number of hydrogen-bond acceptors (Lipinski definition) is 2. The van der Waals surface area contributed by atoms with Gasteiger partial charge in [-0.1, -0.05) is 6.08 Å². The van der Waals surface area contributed by atoms with Gasteiger partial charge < -0.3 is 9.88 Å². The van der Waals surface area contributed by atoms with Crippen molar-refractivity contribution in [3.05, 3.63) is 44.2 Å². The number of rotatable bonds is 5. The molecule has 0 aromatic carbocycles. The Bertz CT molecular complexity index is 401. The van der Waals surface area contributed by atoms with Crippen molar-refractivity contribution in [3.8, 4) is 0 Å². The topological polar surface area (TPSA) is 34.0 Å². The predicted octanol–water partition coefficient (Wildman–Crippen LogP) is 2.15. The van der Waals surface area contributed by atoms with Crippen molar-refractivity contribution in [1.29, 1.82) is 0 Å². The van der Waals surface area contributed by atoms with E-state index in [1.165, 1.54) is 0 Å². The molecule has 0 aliphatic heterocycles. The van der Waals surface area contributed by atoms with Crippen LogP contribution >= 0.6 is 31.9 Å². The summed E-state index contributed by atoms with van der Waals surface area (Å²) in [5.41, 5.74) is -0.0152. The fourth-order valence-electron chi connectivity index (χ4n) is 1.13. The summed E-state index contributed by atoms with van der Waals surface area (Å²) in [4.78, 5) is 11.6. The summed E-state index contributed by atoms with van der Waals surface area (Å²) in [6, 6.07) is 1.75. The van der Waals surface area contributed by atoms with Gasteiger partial charge in [0.2, 0.25) is 0 Å². The fourth-order valence-corrected chi connectivity index (χ4v) is 2.39. The van der Waals surface area contributed by atoms with Crippen LogP contribution in [0.4, 0.5) is 0 Å². The molecule has 0 atom stereocenters. The monoisotopic (exact) mass is 334 g/mol. The van der Waals surface area contributed by atoms with Crippen LogP contribution in [0.2, 0.25) is 0 Å². The van der Waals surface area contributed by atoms with E-state index in [4.69, 9.17) is 0 Å². The lowest BCUT2D eigenvalue weighted by molar-refractivity contribution is 0.607. The van der Waals surface area contributed by atoms with E-state index in [0.717, 1.165) is 17.6 Å². The summed E-state index contributed by atoms with van der Waals surface area (Å²) in [5, 5.41) is 3.14. The number of nitrogens with zero attached hydrogens (tertiary/aromatic N) is 1. The van der Waals surface area contributed by atoms with Crippen LogP contribution in [-0.4, -0.2) is 17.7 Å². The average Bonchev–Trinajstić information content (AvgIpc) is 2.19. The molecule has 0 unspecified atom stereocenters. The Morgan fingerprint density at radius 1 is 1.53 bits per heavy atom. The lowest BCUT2D eigenvalue weighted by Crippen LogP contribution is -2.27. The molecule has 15 heavy (non-hydrogen) atoms. The van der Waals surface area contributed by atoms with Crippen LogP contribution in [-0.2, 0) is 6.54 Å². The highest BCUT2D eigenvalue weighted by Crippen LogP contribution is 2.12. The maximum Gasteiger partial charge on any atom is 0.264 e. The Morgan fingerprint density at radius 3 is 2.93 bits per heavy atom. The minimum Gasteiger partial charge on any atom is -0.312 e.